The molecule has 198 valence electrons. The second kappa shape index (κ2) is 11.4. The van der Waals surface area contributed by atoms with E-state index in [1.165, 1.54) is 0 Å². The number of benzene rings is 3. The summed E-state index contributed by atoms with van der Waals surface area (Å²) in [5.74, 6) is -7.26. The van der Waals surface area contributed by atoms with Gasteiger partial charge in [0.2, 0.25) is 5.91 Å². The number of ether oxygens (including phenoxy) is 1. The van der Waals surface area contributed by atoms with Gasteiger partial charge in [0.1, 0.15) is 6.10 Å². The number of amides is 1. The minimum Gasteiger partial charge on any atom is -0.481 e. The van der Waals surface area contributed by atoms with Crippen LogP contribution in [0.3, 0.4) is 0 Å². The van der Waals surface area contributed by atoms with Gasteiger partial charge in [-0.1, -0.05) is 59.6 Å². The van der Waals surface area contributed by atoms with Crippen LogP contribution in [0.1, 0.15) is 29.3 Å². The zero-order valence-corrected chi connectivity index (χ0v) is 21.8. The maximum absolute atomic E-state index is 13.1. The average molecular weight is 558 g/mol. The van der Waals surface area contributed by atoms with Gasteiger partial charge >= 0.3 is 17.9 Å². The van der Waals surface area contributed by atoms with E-state index in [2.05, 4.69) is 5.32 Å². The Labute approximate surface area is 228 Å². The van der Waals surface area contributed by atoms with Gasteiger partial charge in [-0.15, -0.1) is 0 Å². The van der Waals surface area contributed by atoms with Gasteiger partial charge in [0, 0.05) is 6.42 Å². The Hall–Kier alpha value is -3.62. The lowest BCUT2D eigenvalue weighted by Crippen LogP contribution is -2.55. The number of aliphatic carboxylic acids is 2. The fourth-order valence-electron chi connectivity index (χ4n) is 4.69. The largest absolute Gasteiger partial charge is 0.481 e. The number of carbonyl (C=O) groups excluding carboxylic acids is 2. The molecule has 1 amide bonds. The van der Waals surface area contributed by atoms with E-state index in [0.29, 0.717) is 21.2 Å². The van der Waals surface area contributed by atoms with Crippen LogP contribution >= 0.6 is 23.2 Å². The summed E-state index contributed by atoms with van der Waals surface area (Å²) in [6.07, 6.45) is -0.754. The van der Waals surface area contributed by atoms with Gasteiger partial charge in [-0.05, 0) is 53.9 Å². The van der Waals surface area contributed by atoms with Crippen molar-refractivity contribution < 1.29 is 34.1 Å². The molecule has 1 saturated carbocycles. The summed E-state index contributed by atoms with van der Waals surface area (Å²) in [5, 5.41) is 23.9. The lowest BCUT2D eigenvalue weighted by Gasteiger charge is -2.39. The summed E-state index contributed by atoms with van der Waals surface area (Å²) in [5.41, 5.74) is 1.03. The molecule has 38 heavy (non-hydrogen) atoms. The smallest absolute Gasteiger partial charge is 0.338 e. The van der Waals surface area contributed by atoms with Gasteiger partial charge in [-0.2, -0.15) is 0 Å². The lowest BCUT2D eigenvalue weighted by molar-refractivity contribution is -0.169. The zero-order chi connectivity index (χ0) is 27.6. The molecule has 4 rings (SSSR count). The van der Waals surface area contributed by atoms with Crippen molar-refractivity contribution in [3.8, 4) is 0 Å². The van der Waals surface area contributed by atoms with Gasteiger partial charge in [-0.25, -0.2) is 4.79 Å². The van der Waals surface area contributed by atoms with Gasteiger partial charge in [0.15, 0.2) is 0 Å². The van der Waals surface area contributed by atoms with Crippen LogP contribution in [-0.2, 0) is 25.5 Å². The summed E-state index contributed by atoms with van der Waals surface area (Å²) in [4.78, 5) is 49.0. The molecule has 3 N–H and O–H groups in total. The number of esters is 1. The van der Waals surface area contributed by atoms with E-state index < -0.39 is 53.7 Å². The topological polar surface area (TPSA) is 130 Å². The first-order valence-electron chi connectivity index (χ1n) is 11.9. The predicted octanol–water partition coefficient (Wildman–Crippen LogP) is 4.84. The van der Waals surface area contributed by atoms with Crippen LogP contribution in [0.4, 0.5) is 0 Å². The minimum absolute atomic E-state index is 0.0841. The van der Waals surface area contributed by atoms with Crippen molar-refractivity contribution in [3.05, 3.63) is 81.8 Å². The van der Waals surface area contributed by atoms with Crippen molar-refractivity contribution in [1.29, 1.82) is 0 Å². The van der Waals surface area contributed by atoms with Crippen molar-refractivity contribution in [2.24, 2.45) is 17.8 Å². The standard InChI is InChI=1S/C28H25Cl2NO7/c1-14(31-25(32)19-13-20(26(33)34)24(19)27(35)36)23(11-15-6-9-21(29)22(30)10-15)38-28(37)18-8-7-16-4-2-3-5-17(16)12-18/h2-10,12,14,19-20,23-24H,11,13H2,1H3,(H,31,32)(H,33,34)(H,35,36)/t14?,19-,20-,23?,24-/m0/s1. The van der Waals surface area contributed by atoms with Crippen LogP contribution in [0.2, 0.25) is 10.0 Å². The fourth-order valence-corrected chi connectivity index (χ4v) is 5.01. The Morgan fingerprint density at radius 1 is 0.921 bits per heavy atom. The third-order valence-corrected chi connectivity index (χ3v) is 7.65. The SMILES string of the molecule is CC(NC(=O)[C@H]1C[C@H](C(=O)O)[C@H]1C(=O)O)C(Cc1ccc(Cl)c(Cl)c1)OC(=O)c1ccc2ccccc2c1. The summed E-state index contributed by atoms with van der Waals surface area (Å²) in [6, 6.07) is 17.0. The molecule has 0 spiro atoms. The molecule has 0 bridgehead atoms. The molecule has 0 aromatic heterocycles. The van der Waals surface area contributed by atoms with E-state index in [1.807, 2.05) is 30.3 Å². The Balaban J connectivity index is 1.54. The summed E-state index contributed by atoms with van der Waals surface area (Å²) < 4.78 is 5.85. The van der Waals surface area contributed by atoms with Crippen LogP contribution in [-0.4, -0.2) is 46.2 Å². The van der Waals surface area contributed by atoms with Crippen molar-refractivity contribution in [2.45, 2.75) is 31.9 Å². The highest BCUT2D eigenvalue weighted by atomic mass is 35.5. The molecule has 10 heteroatoms. The van der Waals surface area contributed by atoms with E-state index in [4.69, 9.17) is 27.9 Å². The number of fused-ring (bicyclic) bond motifs is 1. The number of rotatable bonds is 9. The summed E-state index contributed by atoms with van der Waals surface area (Å²) in [7, 11) is 0. The maximum atomic E-state index is 13.1. The first-order chi connectivity index (χ1) is 18.0. The first kappa shape index (κ1) is 27.4. The van der Waals surface area contributed by atoms with Gasteiger partial charge in [0.05, 0.1) is 39.4 Å². The molecule has 0 saturated heterocycles. The van der Waals surface area contributed by atoms with E-state index in [0.717, 1.165) is 10.8 Å². The number of halogens is 2. The van der Waals surface area contributed by atoms with Crippen molar-refractivity contribution in [3.63, 3.8) is 0 Å². The average Bonchev–Trinajstić information content (AvgIpc) is 2.84. The summed E-state index contributed by atoms with van der Waals surface area (Å²) in [6.45, 7) is 1.64. The highest BCUT2D eigenvalue weighted by Gasteiger charge is 2.53. The van der Waals surface area contributed by atoms with Gasteiger partial charge in [0.25, 0.3) is 0 Å². The highest BCUT2D eigenvalue weighted by molar-refractivity contribution is 6.42. The summed E-state index contributed by atoms with van der Waals surface area (Å²) >= 11 is 12.2. The molecular formula is C28H25Cl2NO7. The molecule has 2 unspecified atom stereocenters. The van der Waals surface area contributed by atoms with E-state index in [9.17, 15) is 29.4 Å². The predicted molar refractivity (Wildman–Crippen MR) is 141 cm³/mol. The first-order valence-corrected chi connectivity index (χ1v) is 12.7. The molecule has 1 aliphatic rings. The van der Waals surface area contributed by atoms with Crippen LogP contribution in [0, 0.1) is 17.8 Å². The van der Waals surface area contributed by atoms with Gasteiger partial charge in [-0.3, -0.25) is 14.4 Å². The number of hydrogen-bond acceptors (Lipinski definition) is 5. The van der Waals surface area contributed by atoms with Crippen LogP contribution in [0.5, 0.6) is 0 Å². The Kier molecular flexibility index (Phi) is 8.23. The molecule has 0 aliphatic heterocycles. The normalized spacial score (nSPS) is 20.1. The molecular weight excluding hydrogens is 533 g/mol. The molecule has 8 nitrogen and oxygen atoms in total. The number of nitrogens with one attached hydrogen (secondary N) is 1. The Morgan fingerprint density at radius 2 is 1.63 bits per heavy atom. The highest BCUT2D eigenvalue weighted by Crippen LogP contribution is 2.41. The number of hydrogen-bond donors (Lipinski definition) is 3. The number of carboxylic acid groups (broad SMARTS) is 2. The van der Waals surface area contributed by atoms with E-state index in [-0.39, 0.29) is 12.8 Å². The number of carbonyl (C=O) groups is 4. The third-order valence-electron chi connectivity index (χ3n) is 6.91. The second-order valence-electron chi connectivity index (χ2n) is 9.41. The quantitative estimate of drug-likeness (QED) is 0.321. The fraction of sp³-hybridized carbons (Fsp3) is 0.286. The van der Waals surface area contributed by atoms with Crippen molar-refractivity contribution in [1.82, 2.24) is 5.32 Å². The number of carboxylic acids is 2. The maximum Gasteiger partial charge on any atom is 0.338 e. The lowest BCUT2D eigenvalue weighted by atomic mass is 9.64. The van der Waals surface area contributed by atoms with Crippen LogP contribution < -0.4 is 5.32 Å². The Bertz CT molecular complexity index is 1410. The third kappa shape index (κ3) is 5.92. The van der Waals surface area contributed by atoms with Crippen LogP contribution in [0.15, 0.2) is 60.7 Å². The molecule has 1 aliphatic carbocycles. The molecule has 3 aromatic carbocycles. The molecule has 0 heterocycles. The van der Waals surface area contributed by atoms with Crippen LogP contribution in [0.25, 0.3) is 10.8 Å². The monoisotopic (exact) mass is 557 g/mol. The molecule has 3 aromatic rings. The van der Waals surface area contributed by atoms with Crippen molar-refractivity contribution >= 4 is 57.8 Å². The van der Waals surface area contributed by atoms with Gasteiger partial charge < -0.3 is 20.3 Å². The zero-order valence-electron chi connectivity index (χ0n) is 20.3. The second-order valence-corrected chi connectivity index (χ2v) is 10.2. The Morgan fingerprint density at radius 3 is 2.29 bits per heavy atom. The van der Waals surface area contributed by atoms with Crippen molar-refractivity contribution in [2.75, 3.05) is 0 Å². The molecule has 0 radical (unpaired) electrons. The molecule has 1 fully saturated rings. The van der Waals surface area contributed by atoms with E-state index >= 15 is 0 Å². The van der Waals surface area contributed by atoms with E-state index in [1.54, 1.807) is 37.3 Å². The minimum atomic E-state index is -1.34. The molecule has 5 atom stereocenters.